The first kappa shape index (κ1) is 18.1. The van der Waals surface area contributed by atoms with Crippen LogP contribution in [0.4, 0.5) is 21.6 Å². The van der Waals surface area contributed by atoms with Crippen LogP contribution in [-0.2, 0) is 4.74 Å². The number of fused-ring (bicyclic) bond motifs is 1. The van der Waals surface area contributed by atoms with Crippen LogP contribution in [-0.4, -0.2) is 29.3 Å². The van der Waals surface area contributed by atoms with Crippen molar-refractivity contribution >= 4 is 52.5 Å². The van der Waals surface area contributed by atoms with Crippen LogP contribution in [0.25, 0.3) is 10.9 Å². The fourth-order valence-corrected chi connectivity index (χ4v) is 3.22. The van der Waals surface area contributed by atoms with Crippen molar-refractivity contribution < 1.29 is 13.9 Å². The number of nitrogens with one attached hydrogen (secondary N) is 2. The normalized spacial score (nSPS) is 16.5. The Kier molecular flexibility index (Phi) is 5.20. The van der Waals surface area contributed by atoms with Crippen LogP contribution in [0.2, 0.25) is 5.02 Å². The predicted octanol–water partition coefficient (Wildman–Crippen LogP) is 4.59. The molecule has 2 N–H and O–H groups in total. The minimum Gasteiger partial charge on any atom is -0.486 e. The molecule has 1 saturated heterocycles. The molecule has 9 heteroatoms. The van der Waals surface area contributed by atoms with Gasteiger partial charge in [0.2, 0.25) is 0 Å². The lowest BCUT2D eigenvalue weighted by atomic mass is 10.2. The van der Waals surface area contributed by atoms with Gasteiger partial charge in [-0.2, -0.15) is 0 Å². The molecule has 1 aromatic heterocycles. The van der Waals surface area contributed by atoms with Gasteiger partial charge in [0, 0.05) is 23.6 Å². The van der Waals surface area contributed by atoms with Gasteiger partial charge in [-0.25, -0.2) is 14.4 Å². The molecule has 1 atom stereocenters. The van der Waals surface area contributed by atoms with E-state index in [1.165, 1.54) is 18.5 Å². The Morgan fingerprint density at radius 1 is 1.26 bits per heavy atom. The summed E-state index contributed by atoms with van der Waals surface area (Å²) in [6.45, 7) is 1.25. The summed E-state index contributed by atoms with van der Waals surface area (Å²) in [5, 5.41) is 3.93. The maximum absolute atomic E-state index is 13.4. The van der Waals surface area contributed by atoms with E-state index in [0.29, 0.717) is 41.7 Å². The quantitative estimate of drug-likeness (QED) is 0.538. The van der Waals surface area contributed by atoms with Crippen molar-refractivity contribution in [1.82, 2.24) is 9.97 Å². The minimum atomic E-state index is -0.478. The topological polar surface area (TPSA) is 68.3 Å². The average molecular weight is 407 g/mol. The largest absolute Gasteiger partial charge is 0.486 e. The number of rotatable bonds is 5. The van der Waals surface area contributed by atoms with Gasteiger partial charge in [0.15, 0.2) is 0 Å². The summed E-state index contributed by atoms with van der Waals surface area (Å²) in [4.78, 5) is 8.61. The lowest BCUT2D eigenvalue weighted by Gasteiger charge is -2.17. The molecule has 0 saturated carbocycles. The number of ether oxygens (including phenoxy) is 2. The number of aromatic nitrogens is 2. The van der Waals surface area contributed by atoms with E-state index >= 15 is 0 Å². The number of hydrogen-bond donors (Lipinski definition) is 3. The standard InChI is InChI=1S/C18H16ClFN4O2S/c19-13-5-10(1-2-14(13)20)23-18-12-6-16(24-27)17(7-15(12)21-9-22-18)26-11-3-4-25-8-11/h1-2,5-7,9,11,24,27H,3-4,8H2,(H,21,22,23). The van der Waals surface area contributed by atoms with E-state index in [2.05, 4.69) is 32.8 Å². The van der Waals surface area contributed by atoms with Crippen LogP contribution in [0.3, 0.4) is 0 Å². The summed E-state index contributed by atoms with van der Waals surface area (Å²) in [5.41, 5.74) is 2.00. The fraction of sp³-hybridized carbons (Fsp3) is 0.222. The van der Waals surface area contributed by atoms with Crippen LogP contribution < -0.4 is 14.8 Å². The number of benzene rings is 2. The van der Waals surface area contributed by atoms with Crippen molar-refractivity contribution in [3.8, 4) is 5.75 Å². The zero-order chi connectivity index (χ0) is 18.8. The molecule has 1 aliphatic rings. The Labute approximate surface area is 165 Å². The van der Waals surface area contributed by atoms with Crippen molar-refractivity contribution in [2.24, 2.45) is 0 Å². The van der Waals surface area contributed by atoms with E-state index in [1.807, 2.05) is 12.1 Å². The maximum atomic E-state index is 13.4. The molecule has 0 aliphatic carbocycles. The van der Waals surface area contributed by atoms with E-state index in [4.69, 9.17) is 21.1 Å². The third-order valence-corrected chi connectivity index (χ3v) is 4.75. The fourth-order valence-electron chi connectivity index (χ4n) is 2.86. The van der Waals surface area contributed by atoms with Crippen LogP contribution >= 0.6 is 24.4 Å². The molecule has 140 valence electrons. The van der Waals surface area contributed by atoms with Crippen molar-refractivity contribution in [1.29, 1.82) is 0 Å². The third kappa shape index (κ3) is 3.87. The molecular weight excluding hydrogens is 391 g/mol. The number of hydrogen-bond acceptors (Lipinski definition) is 7. The summed E-state index contributed by atoms with van der Waals surface area (Å²) >= 11 is 10.0. The summed E-state index contributed by atoms with van der Waals surface area (Å²) in [6.07, 6.45) is 2.29. The Hall–Kier alpha value is -2.29. The molecule has 0 spiro atoms. The SMILES string of the molecule is Fc1ccc(Nc2ncnc3cc(OC4CCOC4)c(NS)cc23)cc1Cl. The average Bonchev–Trinajstić information content (AvgIpc) is 3.17. The minimum absolute atomic E-state index is 0.00340. The molecule has 3 aromatic rings. The molecule has 1 aliphatic heterocycles. The van der Waals surface area contributed by atoms with Gasteiger partial charge in [0.25, 0.3) is 0 Å². The van der Waals surface area contributed by atoms with Gasteiger partial charge in [0.1, 0.15) is 29.8 Å². The number of anilines is 3. The second-order valence-corrected chi connectivity index (χ2v) is 6.69. The van der Waals surface area contributed by atoms with Gasteiger partial charge in [-0.1, -0.05) is 24.4 Å². The molecule has 0 amide bonds. The Morgan fingerprint density at radius 2 is 2.15 bits per heavy atom. The second-order valence-electron chi connectivity index (χ2n) is 6.06. The molecule has 27 heavy (non-hydrogen) atoms. The first-order valence-corrected chi connectivity index (χ1v) is 9.12. The third-order valence-electron chi connectivity index (χ3n) is 4.22. The predicted molar refractivity (Wildman–Crippen MR) is 107 cm³/mol. The van der Waals surface area contributed by atoms with E-state index in [-0.39, 0.29) is 11.1 Å². The molecular formula is C18H16ClFN4O2S. The lowest BCUT2D eigenvalue weighted by Crippen LogP contribution is -2.16. The van der Waals surface area contributed by atoms with Crippen molar-refractivity contribution in [3.05, 3.63) is 47.5 Å². The Bertz CT molecular complexity index is 985. The molecule has 2 aromatic carbocycles. The molecule has 0 bridgehead atoms. The zero-order valence-electron chi connectivity index (χ0n) is 14.1. The number of halogens is 2. The highest BCUT2D eigenvalue weighted by Gasteiger charge is 2.20. The zero-order valence-corrected chi connectivity index (χ0v) is 15.7. The number of thiol groups is 1. The van der Waals surface area contributed by atoms with E-state index in [1.54, 1.807) is 6.07 Å². The molecule has 0 radical (unpaired) electrons. The Balaban J connectivity index is 1.70. The lowest BCUT2D eigenvalue weighted by molar-refractivity contribution is 0.142. The summed E-state index contributed by atoms with van der Waals surface area (Å²) in [6, 6.07) is 8.06. The highest BCUT2D eigenvalue weighted by molar-refractivity contribution is 7.81. The second kappa shape index (κ2) is 7.75. The van der Waals surface area contributed by atoms with Gasteiger partial charge in [-0.15, -0.1) is 0 Å². The van der Waals surface area contributed by atoms with Crippen LogP contribution in [0.5, 0.6) is 5.75 Å². The maximum Gasteiger partial charge on any atom is 0.145 e. The van der Waals surface area contributed by atoms with Crippen LogP contribution in [0.1, 0.15) is 6.42 Å². The van der Waals surface area contributed by atoms with Crippen molar-refractivity contribution in [3.63, 3.8) is 0 Å². The van der Waals surface area contributed by atoms with E-state index < -0.39 is 5.82 Å². The van der Waals surface area contributed by atoms with Gasteiger partial charge in [0.05, 0.1) is 29.4 Å². The first-order chi connectivity index (χ1) is 13.1. The summed E-state index contributed by atoms with van der Waals surface area (Å²) in [5.74, 6) is 0.722. The van der Waals surface area contributed by atoms with Crippen LogP contribution in [0.15, 0.2) is 36.7 Å². The van der Waals surface area contributed by atoms with Gasteiger partial charge < -0.3 is 19.5 Å². The molecule has 4 rings (SSSR count). The van der Waals surface area contributed by atoms with Crippen molar-refractivity contribution in [2.45, 2.75) is 12.5 Å². The van der Waals surface area contributed by atoms with E-state index in [0.717, 1.165) is 11.8 Å². The summed E-state index contributed by atoms with van der Waals surface area (Å²) in [7, 11) is 0. The smallest absolute Gasteiger partial charge is 0.145 e. The summed E-state index contributed by atoms with van der Waals surface area (Å²) < 4.78 is 27.6. The van der Waals surface area contributed by atoms with Gasteiger partial charge >= 0.3 is 0 Å². The molecule has 1 fully saturated rings. The molecule has 1 unspecified atom stereocenters. The highest BCUT2D eigenvalue weighted by Crippen LogP contribution is 2.35. The van der Waals surface area contributed by atoms with Gasteiger partial charge in [-0.3, -0.25) is 0 Å². The van der Waals surface area contributed by atoms with Crippen molar-refractivity contribution in [2.75, 3.05) is 23.3 Å². The first-order valence-electron chi connectivity index (χ1n) is 8.29. The molecule has 6 nitrogen and oxygen atoms in total. The Morgan fingerprint density at radius 3 is 2.89 bits per heavy atom. The van der Waals surface area contributed by atoms with Crippen LogP contribution in [0, 0.1) is 5.82 Å². The number of nitrogens with zero attached hydrogens (tertiary/aromatic N) is 2. The van der Waals surface area contributed by atoms with Gasteiger partial charge in [-0.05, 0) is 24.3 Å². The highest BCUT2D eigenvalue weighted by atomic mass is 35.5. The van der Waals surface area contributed by atoms with E-state index in [9.17, 15) is 4.39 Å². The monoisotopic (exact) mass is 406 g/mol. The molecule has 2 heterocycles.